The van der Waals surface area contributed by atoms with Crippen molar-refractivity contribution in [2.45, 2.75) is 45.0 Å². The Morgan fingerprint density at radius 1 is 1.24 bits per heavy atom. The van der Waals surface area contributed by atoms with E-state index in [1.54, 1.807) is 20.8 Å². The summed E-state index contributed by atoms with van der Waals surface area (Å²) in [5.41, 5.74) is -0.674. The first kappa shape index (κ1) is 19.3. The monoisotopic (exact) mass is 327 g/mol. The van der Waals surface area contributed by atoms with Crippen molar-refractivity contribution >= 4 is 22.7 Å². The Morgan fingerprint density at radius 2 is 1.71 bits per heavy atom. The van der Waals surface area contributed by atoms with Crippen LogP contribution in [0.15, 0.2) is 0 Å². The molecule has 0 aromatic heterocycles. The number of carbonyl (C=O) groups excluding carboxylic acids is 2. The van der Waals surface area contributed by atoms with Crippen LogP contribution in [0.1, 0.15) is 27.2 Å². The van der Waals surface area contributed by atoms with Crippen molar-refractivity contribution in [2.75, 3.05) is 13.7 Å². The quantitative estimate of drug-likeness (QED) is 0.645. The minimum Gasteiger partial charge on any atom is -0.467 e. The fourth-order valence-electron chi connectivity index (χ4n) is 1.67. The second kappa shape index (κ2) is 7.91. The maximum Gasteiger partial charge on any atom is 0.425 e. The van der Waals surface area contributed by atoms with E-state index in [0.29, 0.717) is 0 Å². The van der Waals surface area contributed by atoms with Gasteiger partial charge in [-0.2, -0.15) is 0 Å². The van der Waals surface area contributed by atoms with Gasteiger partial charge in [0.05, 0.1) is 13.7 Å². The summed E-state index contributed by atoms with van der Waals surface area (Å²) in [6.07, 6.45) is -1.94. The lowest BCUT2D eigenvalue weighted by molar-refractivity contribution is -0.145. The van der Waals surface area contributed by atoms with Crippen LogP contribution in [-0.4, -0.2) is 61.1 Å². The molecule has 1 aliphatic rings. The van der Waals surface area contributed by atoms with Crippen molar-refractivity contribution in [3.8, 4) is 0 Å². The first-order chi connectivity index (χ1) is 9.47. The van der Waals surface area contributed by atoms with Gasteiger partial charge in [-0.1, -0.05) is 0 Å². The van der Waals surface area contributed by atoms with Crippen LogP contribution in [0.4, 0.5) is 9.18 Å². The second-order valence-electron chi connectivity index (χ2n) is 5.21. The average Bonchev–Trinajstić information content (AvgIpc) is 2.67. The molecule has 0 aromatic rings. The zero-order chi connectivity index (χ0) is 16.8. The van der Waals surface area contributed by atoms with Gasteiger partial charge in [-0.25, -0.2) is 14.0 Å². The van der Waals surface area contributed by atoms with Crippen molar-refractivity contribution < 1.29 is 36.1 Å². The highest BCUT2D eigenvalue weighted by molar-refractivity contribution is 7.59. The summed E-state index contributed by atoms with van der Waals surface area (Å²) in [5, 5.41) is 0. The molecule has 10 heteroatoms. The molecule has 1 saturated heterocycles. The molecular formula is C11H18FNO7S. The van der Waals surface area contributed by atoms with Crippen molar-refractivity contribution in [1.82, 2.24) is 4.90 Å². The van der Waals surface area contributed by atoms with E-state index in [9.17, 15) is 14.0 Å². The number of methoxy groups -OCH3 is 1. The zero-order valence-corrected chi connectivity index (χ0v) is 13.0. The highest BCUT2D eigenvalue weighted by atomic mass is 32.2. The number of carbonyl (C=O) groups is 2. The summed E-state index contributed by atoms with van der Waals surface area (Å²) in [7, 11) is -1.90. The van der Waals surface area contributed by atoms with Gasteiger partial charge in [-0.15, -0.1) is 12.6 Å². The van der Waals surface area contributed by atoms with E-state index >= 15 is 0 Å². The Balaban J connectivity index is 0.000000885. The summed E-state index contributed by atoms with van der Waals surface area (Å²) < 4.78 is 48.2. The average molecular weight is 327 g/mol. The number of esters is 1. The second-order valence-corrected chi connectivity index (χ2v) is 5.62. The van der Waals surface area contributed by atoms with Crippen molar-refractivity contribution in [2.24, 2.45) is 0 Å². The van der Waals surface area contributed by atoms with E-state index in [1.807, 2.05) is 0 Å². The topological polar surface area (TPSA) is 107 Å². The summed E-state index contributed by atoms with van der Waals surface area (Å²) in [4.78, 5) is 24.3. The predicted molar refractivity (Wildman–Crippen MR) is 68.0 cm³/mol. The van der Waals surface area contributed by atoms with Gasteiger partial charge in [0.1, 0.15) is 17.8 Å². The first-order valence-corrected chi connectivity index (χ1v) is 6.96. The van der Waals surface area contributed by atoms with E-state index in [4.69, 9.17) is 17.4 Å². The van der Waals surface area contributed by atoms with Crippen LogP contribution < -0.4 is 0 Å². The molecule has 0 radical (unpaired) electrons. The number of ether oxygens (including phenoxy) is 2. The lowest BCUT2D eigenvalue weighted by Gasteiger charge is -2.27. The zero-order valence-electron chi connectivity index (χ0n) is 12.2. The fourth-order valence-corrected chi connectivity index (χ4v) is 1.67. The third-order valence-corrected chi connectivity index (χ3v) is 2.35. The number of nitrogens with zero attached hydrogens (tertiary/aromatic N) is 1. The van der Waals surface area contributed by atoms with Crippen molar-refractivity contribution in [3.63, 3.8) is 0 Å². The van der Waals surface area contributed by atoms with Gasteiger partial charge < -0.3 is 9.47 Å². The minimum atomic E-state index is -3.11. The highest BCUT2D eigenvalue weighted by Crippen LogP contribution is 2.23. The highest BCUT2D eigenvalue weighted by Gasteiger charge is 2.42. The molecule has 0 bridgehead atoms. The largest absolute Gasteiger partial charge is 0.467 e. The van der Waals surface area contributed by atoms with E-state index in [2.05, 4.69) is 4.74 Å². The van der Waals surface area contributed by atoms with Crippen LogP contribution in [-0.2, 0) is 24.9 Å². The van der Waals surface area contributed by atoms with E-state index in [1.165, 1.54) is 7.11 Å². The molecule has 122 valence electrons. The fraction of sp³-hybridized carbons (Fsp3) is 0.818. The Bertz CT molecular complexity index is 477. The number of likely N-dealkylation sites (tertiary alicyclic amines) is 1. The van der Waals surface area contributed by atoms with Crippen molar-refractivity contribution in [1.29, 1.82) is 0 Å². The number of amides is 1. The molecule has 1 fully saturated rings. The van der Waals surface area contributed by atoms with E-state index in [0.717, 1.165) is 4.90 Å². The lowest BCUT2D eigenvalue weighted by Crippen LogP contribution is -2.43. The van der Waals surface area contributed by atoms with Gasteiger partial charge in [-0.05, 0) is 20.8 Å². The molecule has 2 atom stereocenters. The van der Waals surface area contributed by atoms with E-state index < -0.39 is 40.5 Å². The molecular weight excluding hydrogens is 309 g/mol. The number of hydrogen-bond donors (Lipinski definition) is 0. The van der Waals surface area contributed by atoms with Crippen LogP contribution in [0.25, 0.3) is 0 Å². The van der Waals surface area contributed by atoms with Crippen molar-refractivity contribution in [3.05, 3.63) is 0 Å². The number of rotatable bonds is 1. The molecule has 1 amide bonds. The smallest absolute Gasteiger partial charge is 0.425 e. The first-order valence-electron chi connectivity index (χ1n) is 5.96. The lowest BCUT2D eigenvalue weighted by atomic mass is 10.2. The van der Waals surface area contributed by atoms with Crippen LogP contribution in [0, 0.1) is 0 Å². The van der Waals surface area contributed by atoms with Gasteiger partial charge in [-0.3, -0.25) is 4.90 Å². The molecule has 0 spiro atoms. The predicted octanol–water partition coefficient (Wildman–Crippen LogP) is 0.503. The molecule has 1 rings (SSSR count). The standard InChI is InChI=1S/C11H18FNO4.O3S/c1-11(2,3)17-10(15)13-6-7(12)5-8(13)9(14)16-4;1-4(2)3/h7-8H,5-6H2,1-4H3;/t7-,8+;/m1./s1. The molecule has 0 saturated carbocycles. The summed E-state index contributed by atoms with van der Waals surface area (Å²) in [6.45, 7) is 5.00. The molecule has 0 aliphatic carbocycles. The Morgan fingerprint density at radius 3 is 2.10 bits per heavy atom. The number of halogens is 1. The van der Waals surface area contributed by atoms with Crippen LogP contribution in [0.5, 0.6) is 0 Å². The third-order valence-electron chi connectivity index (χ3n) is 2.35. The SMILES string of the molecule is COC(=O)[C@@H]1C[C@@H](F)CN1C(=O)OC(C)(C)C.O=S(=O)=O. The maximum absolute atomic E-state index is 13.3. The third kappa shape index (κ3) is 7.59. The molecule has 1 heterocycles. The number of hydrogen-bond acceptors (Lipinski definition) is 7. The Hall–Kier alpha value is -1.71. The summed E-state index contributed by atoms with van der Waals surface area (Å²) >= 11 is 0. The van der Waals surface area contributed by atoms with Gasteiger partial charge in [0.15, 0.2) is 0 Å². The molecule has 1 aliphatic heterocycles. The van der Waals surface area contributed by atoms with Gasteiger partial charge in [0, 0.05) is 6.42 Å². The molecule has 0 unspecified atom stereocenters. The van der Waals surface area contributed by atoms with Gasteiger partial charge in [0.2, 0.25) is 0 Å². The number of alkyl halides is 1. The minimum absolute atomic E-state index is 0.0358. The van der Waals surface area contributed by atoms with Gasteiger partial charge >= 0.3 is 22.7 Å². The van der Waals surface area contributed by atoms with Crippen LogP contribution in [0.2, 0.25) is 0 Å². The molecule has 0 N–H and O–H groups in total. The van der Waals surface area contributed by atoms with E-state index in [-0.39, 0.29) is 13.0 Å². The van der Waals surface area contributed by atoms with Crippen LogP contribution in [0.3, 0.4) is 0 Å². The Kier molecular flexibility index (Phi) is 7.27. The maximum atomic E-state index is 13.3. The van der Waals surface area contributed by atoms with Crippen LogP contribution >= 0.6 is 0 Å². The van der Waals surface area contributed by atoms with Gasteiger partial charge in [0.25, 0.3) is 0 Å². The molecule has 8 nitrogen and oxygen atoms in total. The Labute approximate surface area is 123 Å². The summed E-state index contributed by atoms with van der Waals surface area (Å²) in [6, 6.07) is -0.884. The molecule has 21 heavy (non-hydrogen) atoms. The molecule has 0 aromatic carbocycles. The summed E-state index contributed by atoms with van der Waals surface area (Å²) in [5.74, 6) is -0.615. The normalized spacial score (nSPS) is 21.1.